The van der Waals surface area contributed by atoms with Gasteiger partial charge in [0.25, 0.3) is 11.6 Å². The first-order valence-electron chi connectivity index (χ1n) is 8.74. The molecule has 1 aromatic carbocycles. The Morgan fingerprint density at radius 3 is 2.83 bits per heavy atom. The van der Waals surface area contributed by atoms with Crippen LogP contribution in [0.1, 0.15) is 26.7 Å². The topological polar surface area (TPSA) is 133 Å². The summed E-state index contributed by atoms with van der Waals surface area (Å²) in [5, 5.41) is 22.2. The molecule has 30 heavy (non-hydrogen) atoms. The van der Waals surface area contributed by atoms with E-state index in [9.17, 15) is 19.7 Å². The van der Waals surface area contributed by atoms with Crippen LogP contribution in [-0.4, -0.2) is 37.1 Å². The molecular weight excluding hydrogens is 410 g/mol. The molecule has 11 heteroatoms. The minimum Gasteiger partial charge on any atom is -0.459 e. The number of rotatable bonds is 10. The Hall–Kier alpha value is -3.73. The minimum absolute atomic E-state index is 0.0230. The SMILES string of the molecule is C=CCn1c(CNC(=O)c2ccco2)nnc1SCC(=O)c1cccc([N+](=O)[O-])c1. The monoisotopic (exact) mass is 427 g/mol. The first-order valence-corrected chi connectivity index (χ1v) is 9.73. The van der Waals surface area contributed by atoms with Crippen molar-refractivity contribution < 1.29 is 18.9 Å². The Balaban J connectivity index is 1.66. The third kappa shape index (κ3) is 5.00. The van der Waals surface area contributed by atoms with Gasteiger partial charge in [-0.15, -0.1) is 16.8 Å². The zero-order chi connectivity index (χ0) is 21.5. The second-order valence-electron chi connectivity index (χ2n) is 5.98. The lowest BCUT2D eigenvalue weighted by molar-refractivity contribution is -0.384. The molecule has 0 aliphatic rings. The number of Topliss-reactive ketones (excluding diaryl/α,β-unsaturated/α-hetero) is 1. The number of amides is 1. The van der Waals surface area contributed by atoms with Gasteiger partial charge in [-0.25, -0.2) is 0 Å². The third-order valence-electron chi connectivity index (χ3n) is 3.97. The largest absolute Gasteiger partial charge is 0.459 e. The highest BCUT2D eigenvalue weighted by Gasteiger charge is 2.17. The lowest BCUT2D eigenvalue weighted by atomic mass is 10.1. The predicted octanol–water partition coefficient (Wildman–Crippen LogP) is 2.87. The third-order valence-corrected chi connectivity index (χ3v) is 4.94. The van der Waals surface area contributed by atoms with E-state index in [0.717, 1.165) is 11.8 Å². The maximum Gasteiger partial charge on any atom is 0.287 e. The van der Waals surface area contributed by atoms with E-state index in [1.807, 2.05) is 0 Å². The van der Waals surface area contributed by atoms with Gasteiger partial charge >= 0.3 is 0 Å². The van der Waals surface area contributed by atoms with E-state index in [2.05, 4.69) is 22.1 Å². The molecule has 0 saturated carbocycles. The fourth-order valence-electron chi connectivity index (χ4n) is 2.53. The van der Waals surface area contributed by atoms with E-state index in [4.69, 9.17) is 4.42 Å². The van der Waals surface area contributed by atoms with E-state index >= 15 is 0 Å². The van der Waals surface area contributed by atoms with E-state index in [1.165, 1.54) is 30.5 Å². The van der Waals surface area contributed by atoms with Crippen molar-refractivity contribution in [2.24, 2.45) is 0 Å². The van der Waals surface area contributed by atoms with Gasteiger partial charge < -0.3 is 14.3 Å². The number of nitro benzene ring substituents is 1. The van der Waals surface area contributed by atoms with Crippen LogP contribution in [0.25, 0.3) is 0 Å². The van der Waals surface area contributed by atoms with Gasteiger partial charge in [0.1, 0.15) is 0 Å². The molecule has 0 saturated heterocycles. The van der Waals surface area contributed by atoms with E-state index in [1.54, 1.807) is 22.8 Å². The molecule has 1 amide bonds. The molecule has 10 nitrogen and oxygen atoms in total. The maximum absolute atomic E-state index is 12.4. The van der Waals surface area contributed by atoms with Crippen LogP contribution < -0.4 is 5.32 Å². The van der Waals surface area contributed by atoms with Gasteiger partial charge in [-0.05, 0) is 12.1 Å². The molecular formula is C19H17N5O5S. The summed E-state index contributed by atoms with van der Waals surface area (Å²) in [4.78, 5) is 34.8. The molecule has 0 aliphatic heterocycles. The summed E-state index contributed by atoms with van der Waals surface area (Å²) < 4.78 is 6.77. The first-order chi connectivity index (χ1) is 14.5. The Kier molecular flexibility index (Phi) is 6.75. The molecule has 3 rings (SSSR count). The highest BCUT2D eigenvalue weighted by atomic mass is 32.2. The average molecular weight is 427 g/mol. The molecule has 0 fully saturated rings. The minimum atomic E-state index is -0.548. The number of non-ortho nitro benzene ring substituents is 1. The van der Waals surface area contributed by atoms with Gasteiger partial charge in [-0.1, -0.05) is 30.0 Å². The fourth-order valence-corrected chi connectivity index (χ4v) is 3.39. The summed E-state index contributed by atoms with van der Waals surface area (Å²) in [5.74, 6) is 0.0321. The Morgan fingerprint density at radius 2 is 2.13 bits per heavy atom. The number of carbonyl (C=O) groups is 2. The maximum atomic E-state index is 12.4. The van der Waals surface area contributed by atoms with Crippen molar-refractivity contribution in [2.45, 2.75) is 18.2 Å². The first kappa shape index (κ1) is 21.0. The van der Waals surface area contributed by atoms with E-state index in [0.29, 0.717) is 17.5 Å². The zero-order valence-electron chi connectivity index (χ0n) is 15.7. The van der Waals surface area contributed by atoms with Crippen LogP contribution in [0.2, 0.25) is 0 Å². The van der Waals surface area contributed by atoms with Crippen LogP contribution in [0, 0.1) is 10.1 Å². The number of furan rings is 1. The summed E-state index contributed by atoms with van der Waals surface area (Å²) in [5.41, 5.74) is 0.104. The number of hydrogen-bond acceptors (Lipinski definition) is 8. The van der Waals surface area contributed by atoms with Crippen molar-refractivity contribution in [3.63, 3.8) is 0 Å². The zero-order valence-corrected chi connectivity index (χ0v) is 16.5. The summed E-state index contributed by atoms with van der Waals surface area (Å²) >= 11 is 1.15. The van der Waals surface area contributed by atoms with E-state index < -0.39 is 4.92 Å². The molecule has 154 valence electrons. The molecule has 2 aromatic heterocycles. The van der Waals surface area contributed by atoms with Gasteiger partial charge in [-0.3, -0.25) is 19.7 Å². The average Bonchev–Trinajstić information content (AvgIpc) is 3.41. The number of benzene rings is 1. The molecule has 0 radical (unpaired) electrons. The van der Waals surface area contributed by atoms with Crippen LogP contribution in [0.3, 0.4) is 0 Å². The second-order valence-corrected chi connectivity index (χ2v) is 6.92. The lowest BCUT2D eigenvalue weighted by Crippen LogP contribution is -2.24. The molecule has 0 bridgehead atoms. The highest BCUT2D eigenvalue weighted by molar-refractivity contribution is 7.99. The van der Waals surface area contributed by atoms with Crippen molar-refractivity contribution in [1.82, 2.24) is 20.1 Å². The highest BCUT2D eigenvalue weighted by Crippen LogP contribution is 2.20. The lowest BCUT2D eigenvalue weighted by Gasteiger charge is -2.08. The van der Waals surface area contributed by atoms with Crippen LogP contribution in [0.5, 0.6) is 0 Å². The molecule has 1 N–H and O–H groups in total. The molecule has 0 unspecified atom stereocenters. The van der Waals surface area contributed by atoms with Crippen molar-refractivity contribution in [3.05, 3.63) is 82.6 Å². The van der Waals surface area contributed by atoms with Crippen molar-refractivity contribution in [3.8, 4) is 0 Å². The number of allylic oxidation sites excluding steroid dienone is 1. The van der Waals surface area contributed by atoms with Crippen LogP contribution in [-0.2, 0) is 13.1 Å². The molecule has 0 spiro atoms. The Bertz CT molecular complexity index is 1080. The summed E-state index contributed by atoms with van der Waals surface area (Å²) in [6.45, 7) is 4.20. The van der Waals surface area contributed by atoms with Crippen LogP contribution >= 0.6 is 11.8 Å². The number of carbonyl (C=O) groups excluding carboxylic acids is 2. The quantitative estimate of drug-likeness (QED) is 0.172. The second kappa shape index (κ2) is 9.65. The number of thioether (sulfide) groups is 1. The standard InChI is InChI=1S/C19H17N5O5S/c1-2-8-23-17(11-20-18(26)16-7-4-9-29-16)21-22-19(23)30-12-15(25)13-5-3-6-14(10-13)24(27)28/h2-7,9-10H,1,8,11-12H2,(H,20,26). The number of aromatic nitrogens is 3. The molecule has 0 atom stereocenters. The number of hydrogen-bond donors (Lipinski definition) is 1. The van der Waals surface area contributed by atoms with Crippen molar-refractivity contribution in [1.29, 1.82) is 0 Å². The number of ketones is 1. The predicted molar refractivity (Wildman–Crippen MR) is 108 cm³/mol. The van der Waals surface area contributed by atoms with E-state index in [-0.39, 0.29) is 41.0 Å². The normalized spacial score (nSPS) is 10.5. The Labute approximate surface area is 175 Å². The van der Waals surface area contributed by atoms with Crippen molar-refractivity contribution >= 4 is 29.1 Å². The number of nitro groups is 1. The van der Waals surface area contributed by atoms with Crippen LogP contribution in [0.15, 0.2) is 64.9 Å². The fraction of sp³-hybridized carbons (Fsp3) is 0.158. The van der Waals surface area contributed by atoms with Gasteiger partial charge in [0.2, 0.25) is 0 Å². The van der Waals surface area contributed by atoms with Gasteiger partial charge in [0.15, 0.2) is 22.5 Å². The summed E-state index contributed by atoms with van der Waals surface area (Å²) in [7, 11) is 0. The number of nitrogens with zero attached hydrogens (tertiary/aromatic N) is 4. The smallest absolute Gasteiger partial charge is 0.287 e. The molecule has 2 heterocycles. The van der Waals surface area contributed by atoms with Gasteiger partial charge in [0.05, 0.1) is 23.5 Å². The van der Waals surface area contributed by atoms with Gasteiger partial charge in [-0.2, -0.15) is 0 Å². The Morgan fingerprint density at radius 1 is 1.30 bits per heavy atom. The molecule has 3 aromatic rings. The van der Waals surface area contributed by atoms with Crippen LogP contribution in [0.4, 0.5) is 5.69 Å². The number of nitrogens with one attached hydrogen (secondary N) is 1. The summed E-state index contributed by atoms with van der Waals surface area (Å²) in [6, 6.07) is 8.73. The van der Waals surface area contributed by atoms with Gasteiger partial charge in [0, 0.05) is 24.2 Å². The molecule has 0 aliphatic carbocycles. The van der Waals surface area contributed by atoms with Crippen molar-refractivity contribution in [2.75, 3.05) is 5.75 Å². The summed E-state index contributed by atoms with van der Waals surface area (Å²) in [6.07, 6.45) is 3.05.